The van der Waals surface area contributed by atoms with Crippen LogP contribution in [-0.4, -0.2) is 39.3 Å². The lowest BCUT2D eigenvalue weighted by Crippen LogP contribution is -2.35. The second kappa shape index (κ2) is 8.45. The fourth-order valence-electron chi connectivity index (χ4n) is 2.07. The molecule has 0 fully saturated rings. The molecule has 26 heavy (non-hydrogen) atoms. The number of benzene rings is 2. The summed E-state index contributed by atoms with van der Waals surface area (Å²) in [6.45, 7) is -0.418. The van der Waals surface area contributed by atoms with Crippen molar-refractivity contribution in [2.24, 2.45) is 0 Å². The molecule has 0 radical (unpaired) electrons. The van der Waals surface area contributed by atoms with Crippen molar-refractivity contribution in [2.75, 3.05) is 26.0 Å². The first-order valence-electron chi connectivity index (χ1n) is 7.20. The number of sulfonamides is 1. The minimum Gasteiger partial charge on any atom is -0.495 e. The highest BCUT2D eigenvalue weighted by molar-refractivity contribution is 7.89. The maximum Gasteiger partial charge on any atom is 0.243 e. The van der Waals surface area contributed by atoms with E-state index in [2.05, 4.69) is 5.32 Å². The predicted octanol–water partition coefficient (Wildman–Crippen LogP) is 3.91. The van der Waals surface area contributed by atoms with Gasteiger partial charge in [0.25, 0.3) is 0 Å². The molecule has 2 aromatic rings. The van der Waals surface area contributed by atoms with E-state index in [0.717, 1.165) is 4.31 Å². The van der Waals surface area contributed by atoms with E-state index in [4.69, 9.17) is 39.5 Å². The Morgan fingerprint density at radius 2 is 1.81 bits per heavy atom. The number of rotatable bonds is 6. The Hall–Kier alpha value is -1.51. The number of hydrogen-bond donors (Lipinski definition) is 1. The largest absolute Gasteiger partial charge is 0.495 e. The number of amides is 1. The summed E-state index contributed by atoms with van der Waals surface area (Å²) in [5.41, 5.74) is 0.338. The number of anilines is 1. The number of ether oxygens (including phenoxy) is 1. The van der Waals surface area contributed by atoms with Crippen molar-refractivity contribution in [3.8, 4) is 5.75 Å². The van der Waals surface area contributed by atoms with E-state index in [1.165, 1.54) is 38.4 Å². The smallest absolute Gasteiger partial charge is 0.243 e. The van der Waals surface area contributed by atoms with Crippen molar-refractivity contribution in [1.29, 1.82) is 0 Å². The van der Waals surface area contributed by atoms with Crippen molar-refractivity contribution >= 4 is 56.4 Å². The number of methoxy groups -OCH3 is 1. The lowest BCUT2D eigenvalue weighted by atomic mass is 10.3. The Labute approximate surface area is 166 Å². The number of carbonyl (C=O) groups is 1. The predicted molar refractivity (Wildman–Crippen MR) is 103 cm³/mol. The Kier molecular flexibility index (Phi) is 6.76. The number of nitrogens with zero attached hydrogens (tertiary/aromatic N) is 1. The molecule has 2 aromatic carbocycles. The molecule has 140 valence electrons. The Bertz CT molecular complexity index is 935. The van der Waals surface area contributed by atoms with E-state index in [0.29, 0.717) is 16.5 Å². The summed E-state index contributed by atoms with van der Waals surface area (Å²) in [4.78, 5) is 12.2. The molecule has 0 bridgehead atoms. The summed E-state index contributed by atoms with van der Waals surface area (Å²) < 4.78 is 31.2. The number of likely N-dealkylation sites (N-methyl/N-ethyl adjacent to an activating group) is 1. The Balaban J connectivity index is 2.15. The van der Waals surface area contributed by atoms with Gasteiger partial charge in [-0.15, -0.1) is 0 Å². The third-order valence-corrected chi connectivity index (χ3v) is 6.17. The van der Waals surface area contributed by atoms with Gasteiger partial charge >= 0.3 is 0 Å². The molecule has 1 amide bonds. The van der Waals surface area contributed by atoms with Crippen LogP contribution in [0.5, 0.6) is 5.75 Å². The summed E-state index contributed by atoms with van der Waals surface area (Å²) in [6.07, 6.45) is 0. The second-order valence-electron chi connectivity index (χ2n) is 5.23. The molecule has 0 spiro atoms. The summed E-state index contributed by atoms with van der Waals surface area (Å²) in [7, 11) is -1.19. The van der Waals surface area contributed by atoms with Gasteiger partial charge in [0.1, 0.15) is 5.75 Å². The van der Waals surface area contributed by atoms with Crippen LogP contribution in [0.2, 0.25) is 15.1 Å². The monoisotopic (exact) mass is 436 g/mol. The van der Waals surface area contributed by atoms with Gasteiger partial charge in [-0.1, -0.05) is 34.8 Å². The first kappa shape index (κ1) is 20.8. The van der Waals surface area contributed by atoms with E-state index < -0.39 is 22.5 Å². The van der Waals surface area contributed by atoms with E-state index in [1.807, 2.05) is 0 Å². The Morgan fingerprint density at radius 1 is 1.12 bits per heavy atom. The van der Waals surface area contributed by atoms with Crippen LogP contribution < -0.4 is 10.1 Å². The van der Waals surface area contributed by atoms with Gasteiger partial charge in [-0.2, -0.15) is 4.31 Å². The maximum atomic E-state index is 12.6. The van der Waals surface area contributed by atoms with Gasteiger partial charge in [-0.25, -0.2) is 8.42 Å². The Morgan fingerprint density at radius 3 is 2.42 bits per heavy atom. The van der Waals surface area contributed by atoms with Crippen molar-refractivity contribution in [3.05, 3.63) is 51.5 Å². The molecule has 0 saturated heterocycles. The molecule has 0 saturated carbocycles. The van der Waals surface area contributed by atoms with Crippen LogP contribution in [0, 0.1) is 0 Å². The van der Waals surface area contributed by atoms with Crippen molar-refractivity contribution < 1.29 is 17.9 Å². The second-order valence-corrected chi connectivity index (χ2v) is 8.53. The normalized spacial score (nSPS) is 11.5. The number of hydrogen-bond acceptors (Lipinski definition) is 4. The van der Waals surface area contributed by atoms with E-state index in [9.17, 15) is 13.2 Å². The van der Waals surface area contributed by atoms with Crippen molar-refractivity contribution in [3.63, 3.8) is 0 Å². The fourth-order valence-corrected chi connectivity index (χ4v) is 3.76. The van der Waals surface area contributed by atoms with Gasteiger partial charge in [-0.05, 0) is 36.4 Å². The summed E-state index contributed by atoms with van der Waals surface area (Å²) in [5.74, 6) is -0.158. The average Bonchev–Trinajstić information content (AvgIpc) is 2.57. The van der Waals surface area contributed by atoms with Crippen LogP contribution in [0.4, 0.5) is 5.69 Å². The molecule has 6 nitrogen and oxygen atoms in total. The van der Waals surface area contributed by atoms with Gasteiger partial charge in [0.15, 0.2) is 0 Å². The van der Waals surface area contributed by atoms with Crippen molar-refractivity contribution in [1.82, 2.24) is 4.31 Å². The van der Waals surface area contributed by atoms with Gasteiger partial charge in [0.2, 0.25) is 15.9 Å². The summed E-state index contributed by atoms with van der Waals surface area (Å²) >= 11 is 17.6. The van der Waals surface area contributed by atoms with Crippen LogP contribution in [0.25, 0.3) is 0 Å². The highest BCUT2D eigenvalue weighted by atomic mass is 35.5. The lowest BCUT2D eigenvalue weighted by Gasteiger charge is -2.18. The standard InChI is InChI=1S/C16H15Cl3N2O4S/c1-21(26(23,24)11-4-5-12(18)13(19)8-11)9-16(22)20-14-7-10(17)3-6-15(14)25-2/h3-8H,9H2,1-2H3,(H,20,22). The number of carbonyl (C=O) groups excluding carboxylic acids is 1. The SMILES string of the molecule is COc1ccc(Cl)cc1NC(=O)CN(C)S(=O)(=O)c1ccc(Cl)c(Cl)c1. The maximum absolute atomic E-state index is 12.6. The van der Waals surface area contributed by atoms with Crippen LogP contribution in [0.15, 0.2) is 41.3 Å². The van der Waals surface area contributed by atoms with Gasteiger partial charge in [0, 0.05) is 12.1 Å². The molecule has 0 unspecified atom stereocenters. The van der Waals surface area contributed by atoms with E-state index in [1.54, 1.807) is 12.1 Å². The zero-order chi connectivity index (χ0) is 19.5. The quantitative estimate of drug-likeness (QED) is 0.743. The van der Waals surface area contributed by atoms with E-state index >= 15 is 0 Å². The summed E-state index contributed by atoms with van der Waals surface area (Å²) in [5, 5.41) is 3.32. The number of nitrogens with one attached hydrogen (secondary N) is 1. The van der Waals surface area contributed by atoms with Crippen molar-refractivity contribution in [2.45, 2.75) is 4.90 Å². The topological polar surface area (TPSA) is 75.7 Å². The molecular formula is C16H15Cl3N2O4S. The van der Waals surface area contributed by atoms with E-state index in [-0.39, 0.29) is 14.9 Å². The highest BCUT2D eigenvalue weighted by Crippen LogP contribution is 2.28. The first-order valence-corrected chi connectivity index (χ1v) is 9.77. The third kappa shape index (κ3) is 4.81. The molecule has 0 aliphatic rings. The van der Waals surface area contributed by atoms with Gasteiger partial charge in [-0.3, -0.25) is 4.79 Å². The average molecular weight is 438 g/mol. The minimum atomic E-state index is -3.92. The number of halogens is 3. The molecule has 0 aromatic heterocycles. The molecule has 1 N–H and O–H groups in total. The van der Waals surface area contributed by atoms with Crippen LogP contribution in [-0.2, 0) is 14.8 Å². The molecule has 0 aliphatic carbocycles. The third-order valence-electron chi connectivity index (χ3n) is 3.40. The van der Waals surface area contributed by atoms with Crippen LogP contribution in [0.1, 0.15) is 0 Å². The molecule has 0 aliphatic heterocycles. The first-order chi connectivity index (χ1) is 12.1. The zero-order valence-electron chi connectivity index (χ0n) is 13.8. The summed E-state index contributed by atoms with van der Waals surface area (Å²) in [6, 6.07) is 8.63. The van der Waals surface area contributed by atoms with Crippen LogP contribution in [0.3, 0.4) is 0 Å². The highest BCUT2D eigenvalue weighted by Gasteiger charge is 2.24. The molecular weight excluding hydrogens is 423 g/mol. The zero-order valence-corrected chi connectivity index (χ0v) is 16.9. The molecule has 0 atom stereocenters. The lowest BCUT2D eigenvalue weighted by molar-refractivity contribution is -0.116. The fraction of sp³-hybridized carbons (Fsp3) is 0.188. The molecule has 2 rings (SSSR count). The van der Waals surface area contributed by atoms with Crippen LogP contribution >= 0.6 is 34.8 Å². The molecule has 0 heterocycles. The van der Waals surface area contributed by atoms with Gasteiger partial charge in [0.05, 0.1) is 34.3 Å². The minimum absolute atomic E-state index is 0.0671. The van der Waals surface area contributed by atoms with Gasteiger partial charge < -0.3 is 10.1 Å². The molecule has 10 heteroatoms.